The van der Waals surface area contributed by atoms with E-state index in [1.54, 1.807) is 0 Å². The number of Topliss-reactive ketones (excluding diaryl/α,β-unsaturated/α-hetero) is 1. The maximum atomic E-state index is 12.2. The summed E-state index contributed by atoms with van der Waals surface area (Å²) in [4.78, 5) is 24.2. The van der Waals surface area contributed by atoms with Crippen molar-refractivity contribution in [1.29, 1.82) is 0 Å². The molecule has 1 N–H and O–H groups in total. The molecule has 0 aliphatic heterocycles. The molecule has 3 rings (SSSR count). The van der Waals surface area contributed by atoms with E-state index in [4.69, 9.17) is 0 Å². The topological polar surface area (TPSA) is 76.4 Å². The average Bonchev–Trinajstić information content (AvgIpc) is 3.03. The zero-order chi connectivity index (χ0) is 17.8. The molecular weight excluding hydrogens is 316 g/mol. The highest BCUT2D eigenvalue weighted by atomic mass is 16.2. The lowest BCUT2D eigenvalue weighted by Crippen LogP contribution is -2.24. The number of amides is 1. The monoisotopic (exact) mass is 336 g/mol. The summed E-state index contributed by atoms with van der Waals surface area (Å²) in [5.74, 6) is 0.459. The van der Waals surface area contributed by atoms with Gasteiger partial charge in [-0.3, -0.25) is 14.0 Å². The van der Waals surface area contributed by atoms with Gasteiger partial charge in [0.25, 0.3) is 0 Å². The number of aromatic nitrogens is 3. The minimum Gasteiger partial charge on any atom is -0.349 e. The number of hydrogen-bond donors (Lipinski definition) is 1. The Balaban J connectivity index is 1.52. The number of hydrogen-bond acceptors (Lipinski definition) is 4. The molecule has 25 heavy (non-hydrogen) atoms. The Labute approximate surface area is 145 Å². The van der Waals surface area contributed by atoms with E-state index in [-0.39, 0.29) is 31.1 Å². The van der Waals surface area contributed by atoms with Gasteiger partial charge in [-0.2, -0.15) is 0 Å². The molecule has 128 valence electrons. The molecule has 2 aromatic heterocycles. The summed E-state index contributed by atoms with van der Waals surface area (Å²) in [6, 6.07) is 11.2. The second kappa shape index (κ2) is 7.25. The zero-order valence-electron chi connectivity index (χ0n) is 14.3. The lowest BCUT2D eigenvalue weighted by molar-refractivity contribution is -0.121. The van der Waals surface area contributed by atoms with Crippen LogP contribution in [0.2, 0.25) is 0 Å². The number of fused-ring (bicyclic) bond motifs is 1. The molecule has 0 radical (unpaired) electrons. The van der Waals surface area contributed by atoms with Crippen molar-refractivity contribution >= 4 is 17.3 Å². The molecule has 0 bridgehead atoms. The van der Waals surface area contributed by atoms with Crippen molar-refractivity contribution < 1.29 is 9.59 Å². The predicted octanol–water partition coefficient (Wildman–Crippen LogP) is 2.63. The zero-order valence-corrected chi connectivity index (χ0v) is 14.3. The van der Waals surface area contributed by atoms with E-state index in [0.717, 1.165) is 16.8 Å². The highest BCUT2D eigenvalue weighted by Gasteiger charge is 2.11. The fourth-order valence-electron chi connectivity index (χ4n) is 2.56. The summed E-state index contributed by atoms with van der Waals surface area (Å²) in [5, 5.41) is 10.9. The van der Waals surface area contributed by atoms with Crippen molar-refractivity contribution in [2.75, 3.05) is 0 Å². The van der Waals surface area contributed by atoms with E-state index in [1.165, 1.54) is 0 Å². The summed E-state index contributed by atoms with van der Waals surface area (Å²) >= 11 is 0. The normalized spacial score (nSPS) is 10.8. The van der Waals surface area contributed by atoms with Gasteiger partial charge in [-0.15, -0.1) is 10.2 Å². The van der Waals surface area contributed by atoms with Crippen LogP contribution in [-0.2, 0) is 11.3 Å². The van der Waals surface area contributed by atoms with E-state index in [0.29, 0.717) is 11.4 Å². The van der Waals surface area contributed by atoms with E-state index in [2.05, 4.69) is 15.5 Å². The van der Waals surface area contributed by atoms with Crippen LogP contribution in [0.3, 0.4) is 0 Å². The Morgan fingerprint density at radius 1 is 1.04 bits per heavy atom. The van der Waals surface area contributed by atoms with E-state index in [1.807, 2.05) is 60.8 Å². The Hall–Kier alpha value is -3.02. The molecule has 3 aromatic rings. The molecule has 0 aliphatic rings. The van der Waals surface area contributed by atoms with Gasteiger partial charge in [-0.05, 0) is 43.2 Å². The number of pyridine rings is 1. The molecule has 0 aliphatic carbocycles. The summed E-state index contributed by atoms with van der Waals surface area (Å²) in [5.41, 5.74) is 3.61. The third-order valence-electron chi connectivity index (χ3n) is 4.24. The highest BCUT2D eigenvalue weighted by Crippen LogP contribution is 2.12. The smallest absolute Gasteiger partial charge is 0.220 e. The molecule has 0 saturated carbocycles. The molecule has 0 fully saturated rings. The lowest BCUT2D eigenvalue weighted by atomic mass is 10.0. The second-order valence-corrected chi connectivity index (χ2v) is 6.04. The lowest BCUT2D eigenvalue weighted by Gasteiger charge is -2.06. The van der Waals surface area contributed by atoms with Crippen molar-refractivity contribution in [3.8, 4) is 0 Å². The van der Waals surface area contributed by atoms with Crippen LogP contribution >= 0.6 is 0 Å². The first-order valence-corrected chi connectivity index (χ1v) is 8.20. The first-order chi connectivity index (χ1) is 12.0. The minimum atomic E-state index is -0.176. The first kappa shape index (κ1) is 16.8. The van der Waals surface area contributed by atoms with Crippen LogP contribution in [0.1, 0.15) is 40.2 Å². The average molecular weight is 336 g/mol. The van der Waals surface area contributed by atoms with Gasteiger partial charge in [0.2, 0.25) is 5.91 Å². The summed E-state index contributed by atoms with van der Waals surface area (Å²) < 4.78 is 1.82. The molecule has 0 spiro atoms. The van der Waals surface area contributed by atoms with Crippen molar-refractivity contribution in [3.05, 3.63) is 65.1 Å². The predicted molar refractivity (Wildman–Crippen MR) is 94.3 cm³/mol. The van der Waals surface area contributed by atoms with Crippen LogP contribution in [0.25, 0.3) is 5.65 Å². The van der Waals surface area contributed by atoms with Gasteiger partial charge >= 0.3 is 0 Å². The van der Waals surface area contributed by atoms with Crippen LogP contribution in [0.4, 0.5) is 0 Å². The maximum absolute atomic E-state index is 12.2. The van der Waals surface area contributed by atoms with Gasteiger partial charge in [0.1, 0.15) is 0 Å². The van der Waals surface area contributed by atoms with Crippen LogP contribution in [0, 0.1) is 13.8 Å². The number of nitrogens with one attached hydrogen (secondary N) is 1. The largest absolute Gasteiger partial charge is 0.349 e. The minimum absolute atomic E-state index is 0.0221. The number of aryl methyl sites for hydroxylation is 2. The first-order valence-electron chi connectivity index (χ1n) is 8.20. The summed E-state index contributed by atoms with van der Waals surface area (Å²) in [7, 11) is 0. The van der Waals surface area contributed by atoms with E-state index in [9.17, 15) is 9.59 Å². The van der Waals surface area contributed by atoms with Crippen LogP contribution < -0.4 is 5.32 Å². The fourth-order valence-corrected chi connectivity index (χ4v) is 2.56. The number of benzene rings is 1. The number of rotatable bonds is 6. The van der Waals surface area contributed by atoms with Gasteiger partial charge in [0, 0.05) is 24.6 Å². The number of carbonyl (C=O) groups excluding carboxylic acids is 2. The number of carbonyl (C=O) groups is 2. The van der Waals surface area contributed by atoms with E-state index >= 15 is 0 Å². The van der Waals surface area contributed by atoms with Gasteiger partial charge < -0.3 is 5.32 Å². The van der Waals surface area contributed by atoms with Crippen molar-refractivity contribution in [3.63, 3.8) is 0 Å². The van der Waals surface area contributed by atoms with Crippen molar-refractivity contribution in [2.45, 2.75) is 33.2 Å². The van der Waals surface area contributed by atoms with Gasteiger partial charge in [-0.1, -0.05) is 18.2 Å². The van der Waals surface area contributed by atoms with Crippen LogP contribution in [0.15, 0.2) is 42.6 Å². The molecule has 0 unspecified atom stereocenters. The number of ketones is 1. The maximum Gasteiger partial charge on any atom is 0.220 e. The Morgan fingerprint density at radius 3 is 2.68 bits per heavy atom. The second-order valence-electron chi connectivity index (χ2n) is 6.04. The van der Waals surface area contributed by atoms with Crippen molar-refractivity contribution in [2.24, 2.45) is 0 Å². The molecule has 2 heterocycles. The van der Waals surface area contributed by atoms with Gasteiger partial charge in [-0.25, -0.2) is 0 Å². The van der Waals surface area contributed by atoms with Crippen molar-refractivity contribution in [1.82, 2.24) is 19.9 Å². The SMILES string of the molecule is Cc1ccc(C(=O)CCC(=O)NCc2nnc3ccccn23)cc1C. The summed E-state index contributed by atoms with van der Waals surface area (Å²) in [6.07, 6.45) is 2.19. The van der Waals surface area contributed by atoms with Gasteiger partial charge in [0.05, 0.1) is 6.54 Å². The fraction of sp³-hybridized carbons (Fsp3) is 0.263. The van der Waals surface area contributed by atoms with Crippen LogP contribution in [-0.4, -0.2) is 26.3 Å². The molecular formula is C19H20N4O2. The quantitative estimate of drug-likeness (QED) is 0.702. The standard InChI is InChI=1S/C19H20N4O2/c1-13-6-7-15(11-14(13)2)16(24)8-9-19(25)20-12-18-22-21-17-5-3-4-10-23(17)18/h3-7,10-11H,8-9,12H2,1-2H3,(H,20,25). The molecule has 1 aromatic carbocycles. The molecule has 0 atom stereocenters. The molecule has 6 heteroatoms. The molecule has 6 nitrogen and oxygen atoms in total. The Morgan fingerprint density at radius 2 is 1.88 bits per heavy atom. The summed E-state index contributed by atoms with van der Waals surface area (Å²) in [6.45, 7) is 4.26. The third-order valence-corrected chi connectivity index (χ3v) is 4.24. The Bertz CT molecular complexity index is 930. The number of nitrogens with zero attached hydrogens (tertiary/aromatic N) is 3. The molecule has 1 amide bonds. The highest BCUT2D eigenvalue weighted by molar-refractivity contribution is 5.98. The molecule has 0 saturated heterocycles. The third kappa shape index (κ3) is 3.91. The Kier molecular flexibility index (Phi) is 4.88. The van der Waals surface area contributed by atoms with E-state index < -0.39 is 0 Å². The van der Waals surface area contributed by atoms with Gasteiger partial charge in [0.15, 0.2) is 17.3 Å². The van der Waals surface area contributed by atoms with Crippen LogP contribution in [0.5, 0.6) is 0 Å².